The van der Waals surface area contributed by atoms with Crippen molar-refractivity contribution in [2.45, 2.75) is 12.8 Å². The smallest absolute Gasteiger partial charge is 0.0332 e. The first kappa shape index (κ1) is 18.9. The van der Waals surface area contributed by atoms with Crippen LogP contribution in [-0.4, -0.2) is 9.97 Å². The molecule has 2 aromatic heterocycles. The molecule has 25 heavy (non-hydrogen) atoms. The molecule has 0 N–H and O–H groups in total. The number of rotatable bonds is 4. The third kappa shape index (κ3) is 6.50. The maximum Gasteiger partial charge on any atom is 0.0332 e. The van der Waals surface area contributed by atoms with Crippen molar-refractivity contribution in [1.29, 1.82) is 0 Å². The zero-order valence-corrected chi connectivity index (χ0v) is 15.0. The summed E-state index contributed by atoms with van der Waals surface area (Å²) in [6, 6.07) is 28.7. The first-order chi connectivity index (χ1) is 11.9. The van der Waals surface area contributed by atoms with Crippen LogP contribution in [0.25, 0.3) is 0 Å². The fourth-order valence-corrected chi connectivity index (χ4v) is 2.49. The fourth-order valence-electron chi connectivity index (χ4n) is 2.49. The van der Waals surface area contributed by atoms with Gasteiger partial charge in [-0.15, -0.1) is 0 Å². The molecule has 4 aromatic rings. The molecule has 0 saturated carbocycles. The Morgan fingerprint density at radius 2 is 0.960 bits per heavy atom. The van der Waals surface area contributed by atoms with Crippen molar-refractivity contribution in [3.63, 3.8) is 0 Å². The summed E-state index contributed by atoms with van der Waals surface area (Å²) >= 11 is 0. The predicted molar refractivity (Wildman–Crippen MR) is 98.2 cm³/mol. The molecule has 0 bridgehead atoms. The molecule has 2 nitrogen and oxygen atoms in total. The third-order valence-electron chi connectivity index (χ3n) is 3.69. The van der Waals surface area contributed by atoms with Gasteiger partial charge in [0, 0.05) is 40.9 Å². The summed E-state index contributed by atoms with van der Waals surface area (Å²) in [5, 5.41) is 0. The molecular weight excluding hydrogens is 348 g/mol. The van der Waals surface area contributed by atoms with Crippen LogP contribution in [0.15, 0.2) is 97.3 Å². The second kappa shape index (κ2) is 10.4. The van der Waals surface area contributed by atoms with Gasteiger partial charge in [0.25, 0.3) is 0 Å². The van der Waals surface area contributed by atoms with Crippen LogP contribution in [0.3, 0.4) is 0 Å². The number of aromatic nitrogens is 2. The quantitative estimate of drug-likeness (QED) is 0.383. The van der Waals surface area contributed by atoms with Crippen LogP contribution in [0.2, 0.25) is 0 Å². The number of pyridine rings is 2. The first-order valence-electron chi connectivity index (χ1n) is 8.11. The van der Waals surface area contributed by atoms with Crippen LogP contribution in [0.1, 0.15) is 22.5 Å². The molecule has 0 amide bonds. The minimum absolute atomic E-state index is 0. The third-order valence-corrected chi connectivity index (χ3v) is 3.69. The van der Waals surface area contributed by atoms with Gasteiger partial charge in [0.1, 0.15) is 0 Å². The largest absolute Gasteiger partial charge is 0.262 e. The number of hydrogen-bond acceptors (Lipinski definition) is 2. The Kier molecular flexibility index (Phi) is 7.84. The molecular formula is C22H20FeN2-2. The number of nitrogens with zero attached hydrogens (tertiary/aromatic N) is 2. The van der Waals surface area contributed by atoms with E-state index >= 15 is 0 Å². The SMILES string of the molecule is [Fe].c1ccc(C[c-]2cccc2)nc1.c1ccc(C[c-]2cccc2)nc1. The van der Waals surface area contributed by atoms with Gasteiger partial charge < -0.3 is 0 Å². The molecule has 0 aliphatic rings. The van der Waals surface area contributed by atoms with Crippen molar-refractivity contribution in [3.05, 3.63) is 120 Å². The van der Waals surface area contributed by atoms with Crippen molar-refractivity contribution in [1.82, 2.24) is 9.97 Å². The van der Waals surface area contributed by atoms with Gasteiger partial charge in [0.05, 0.1) is 0 Å². The van der Waals surface area contributed by atoms with Gasteiger partial charge in [-0.25, -0.2) is 24.3 Å². The van der Waals surface area contributed by atoms with Crippen LogP contribution >= 0.6 is 0 Å². The summed E-state index contributed by atoms with van der Waals surface area (Å²) in [4.78, 5) is 8.51. The van der Waals surface area contributed by atoms with Gasteiger partial charge in [0.2, 0.25) is 0 Å². The van der Waals surface area contributed by atoms with Gasteiger partial charge in [-0.05, 0) is 37.1 Å². The normalized spacial score (nSPS) is 9.60. The summed E-state index contributed by atoms with van der Waals surface area (Å²) in [5.74, 6) is 0. The van der Waals surface area contributed by atoms with E-state index in [9.17, 15) is 0 Å². The van der Waals surface area contributed by atoms with Gasteiger partial charge in [-0.1, -0.05) is 12.1 Å². The Balaban J connectivity index is 0.000000173. The molecule has 2 heterocycles. The molecule has 0 aliphatic carbocycles. The van der Waals surface area contributed by atoms with E-state index in [0.29, 0.717) is 0 Å². The minimum atomic E-state index is 0. The van der Waals surface area contributed by atoms with E-state index in [1.807, 2.05) is 48.8 Å². The Hall–Kier alpha value is -2.48. The summed E-state index contributed by atoms with van der Waals surface area (Å²) in [6.45, 7) is 0. The van der Waals surface area contributed by atoms with E-state index < -0.39 is 0 Å². The maximum absolute atomic E-state index is 4.25. The molecule has 3 heteroatoms. The zero-order valence-electron chi connectivity index (χ0n) is 13.9. The van der Waals surface area contributed by atoms with Crippen molar-refractivity contribution < 1.29 is 17.1 Å². The van der Waals surface area contributed by atoms with E-state index in [1.165, 1.54) is 11.1 Å². The fraction of sp³-hybridized carbons (Fsp3) is 0.0909. The van der Waals surface area contributed by atoms with Crippen LogP contribution in [-0.2, 0) is 29.9 Å². The van der Waals surface area contributed by atoms with E-state index in [2.05, 4.69) is 58.5 Å². The molecule has 0 radical (unpaired) electrons. The Morgan fingerprint density at radius 3 is 1.28 bits per heavy atom. The van der Waals surface area contributed by atoms with E-state index in [0.717, 1.165) is 24.2 Å². The second-order valence-electron chi connectivity index (χ2n) is 5.58. The topological polar surface area (TPSA) is 25.8 Å². The molecule has 0 spiro atoms. The molecule has 128 valence electrons. The zero-order chi connectivity index (χ0) is 16.5. The van der Waals surface area contributed by atoms with E-state index in [1.54, 1.807) is 0 Å². The molecule has 0 saturated heterocycles. The summed E-state index contributed by atoms with van der Waals surface area (Å²) in [7, 11) is 0. The van der Waals surface area contributed by atoms with Crippen LogP contribution < -0.4 is 0 Å². The molecule has 0 unspecified atom stereocenters. The second-order valence-corrected chi connectivity index (χ2v) is 5.58. The number of hydrogen-bond donors (Lipinski definition) is 0. The van der Waals surface area contributed by atoms with Gasteiger partial charge >= 0.3 is 0 Å². The van der Waals surface area contributed by atoms with Crippen molar-refractivity contribution in [3.8, 4) is 0 Å². The van der Waals surface area contributed by atoms with Crippen LogP contribution in [0.4, 0.5) is 0 Å². The van der Waals surface area contributed by atoms with E-state index in [-0.39, 0.29) is 17.1 Å². The van der Waals surface area contributed by atoms with E-state index in [4.69, 9.17) is 0 Å². The Labute approximate surface area is 159 Å². The Bertz CT molecular complexity index is 720. The van der Waals surface area contributed by atoms with Crippen LogP contribution in [0, 0.1) is 0 Å². The molecule has 2 aromatic carbocycles. The molecule has 0 fully saturated rings. The molecule has 4 rings (SSSR count). The predicted octanol–water partition coefficient (Wildman–Crippen LogP) is 4.78. The van der Waals surface area contributed by atoms with Crippen molar-refractivity contribution in [2.24, 2.45) is 0 Å². The van der Waals surface area contributed by atoms with Gasteiger partial charge in [-0.3, -0.25) is 9.97 Å². The minimum Gasteiger partial charge on any atom is -0.262 e. The maximum atomic E-state index is 4.25. The molecule has 0 aliphatic heterocycles. The summed E-state index contributed by atoms with van der Waals surface area (Å²) < 4.78 is 0. The monoisotopic (exact) mass is 368 g/mol. The van der Waals surface area contributed by atoms with Crippen molar-refractivity contribution >= 4 is 0 Å². The Morgan fingerprint density at radius 1 is 0.560 bits per heavy atom. The average Bonchev–Trinajstić information content (AvgIpc) is 3.32. The first-order valence-corrected chi connectivity index (χ1v) is 8.11. The summed E-state index contributed by atoms with van der Waals surface area (Å²) in [5.41, 5.74) is 4.91. The van der Waals surface area contributed by atoms with Gasteiger partial charge in [-0.2, -0.15) is 35.4 Å². The average molecular weight is 368 g/mol. The van der Waals surface area contributed by atoms with Gasteiger partial charge in [0.15, 0.2) is 0 Å². The van der Waals surface area contributed by atoms with Crippen molar-refractivity contribution in [2.75, 3.05) is 0 Å². The van der Waals surface area contributed by atoms with Crippen LogP contribution in [0.5, 0.6) is 0 Å². The summed E-state index contributed by atoms with van der Waals surface area (Å²) in [6.07, 6.45) is 5.54. The standard InChI is InChI=1S/2C11H10N.Fe/c2*1-2-6-10(5-1)9-11-7-3-4-8-12-11;/h2*1-8H,9H2;/q2*-1;. The molecule has 0 atom stereocenters.